The van der Waals surface area contributed by atoms with E-state index < -0.39 is 0 Å². The zero-order valence-corrected chi connectivity index (χ0v) is 16.2. The SMILES string of the molecule is Cc1n[nH]c(C)c1[C@H]1CCCN1C(=O)NCC(C)(C)N1CCCCC1. The Labute approximate surface area is 151 Å². The van der Waals surface area contributed by atoms with Gasteiger partial charge in [0.2, 0.25) is 0 Å². The van der Waals surface area contributed by atoms with Crippen LogP contribution in [0.5, 0.6) is 0 Å². The Bertz CT molecular complexity index is 583. The van der Waals surface area contributed by atoms with Gasteiger partial charge in [0, 0.05) is 29.9 Å². The van der Waals surface area contributed by atoms with Gasteiger partial charge < -0.3 is 10.2 Å². The Balaban J connectivity index is 1.62. The third kappa shape index (κ3) is 3.84. The van der Waals surface area contributed by atoms with Crippen LogP contribution in [0.3, 0.4) is 0 Å². The molecule has 0 bridgehead atoms. The van der Waals surface area contributed by atoms with Gasteiger partial charge in [-0.05, 0) is 66.5 Å². The first-order chi connectivity index (χ1) is 11.9. The lowest BCUT2D eigenvalue weighted by atomic mass is 9.98. The van der Waals surface area contributed by atoms with Crippen LogP contribution >= 0.6 is 0 Å². The van der Waals surface area contributed by atoms with Crippen molar-refractivity contribution in [1.29, 1.82) is 0 Å². The molecule has 2 aliphatic rings. The van der Waals surface area contributed by atoms with Crippen LogP contribution in [0.1, 0.15) is 68.9 Å². The highest BCUT2D eigenvalue weighted by Crippen LogP contribution is 2.34. The molecule has 2 fully saturated rings. The van der Waals surface area contributed by atoms with Crippen molar-refractivity contribution in [3.05, 3.63) is 17.0 Å². The Morgan fingerprint density at radius 2 is 1.92 bits per heavy atom. The van der Waals surface area contributed by atoms with E-state index in [0.717, 1.165) is 43.9 Å². The van der Waals surface area contributed by atoms with Crippen LogP contribution in [-0.2, 0) is 0 Å². The molecule has 3 heterocycles. The molecule has 25 heavy (non-hydrogen) atoms. The molecular formula is C19H33N5O. The normalized spacial score (nSPS) is 22.4. The molecular weight excluding hydrogens is 314 g/mol. The minimum absolute atomic E-state index is 0.00672. The molecule has 0 saturated carbocycles. The maximum atomic E-state index is 12.9. The van der Waals surface area contributed by atoms with Gasteiger partial charge in [0.05, 0.1) is 11.7 Å². The highest BCUT2D eigenvalue weighted by Gasteiger charge is 2.34. The lowest BCUT2D eigenvalue weighted by molar-refractivity contribution is 0.0935. The number of nitrogens with one attached hydrogen (secondary N) is 2. The Hall–Kier alpha value is -1.56. The van der Waals surface area contributed by atoms with Crippen molar-refractivity contribution >= 4 is 6.03 Å². The lowest BCUT2D eigenvalue weighted by Crippen LogP contribution is -2.54. The van der Waals surface area contributed by atoms with E-state index in [1.165, 1.54) is 24.8 Å². The van der Waals surface area contributed by atoms with E-state index in [2.05, 4.69) is 34.3 Å². The number of aromatic amines is 1. The summed E-state index contributed by atoms with van der Waals surface area (Å²) in [7, 11) is 0. The van der Waals surface area contributed by atoms with Gasteiger partial charge >= 0.3 is 6.03 Å². The summed E-state index contributed by atoms with van der Waals surface area (Å²) >= 11 is 0. The zero-order valence-electron chi connectivity index (χ0n) is 16.2. The fourth-order valence-electron chi connectivity index (χ4n) is 4.36. The number of likely N-dealkylation sites (tertiary alicyclic amines) is 2. The van der Waals surface area contributed by atoms with Gasteiger partial charge in [-0.1, -0.05) is 6.42 Å². The maximum Gasteiger partial charge on any atom is 0.317 e. The van der Waals surface area contributed by atoms with E-state index in [1.807, 2.05) is 18.7 Å². The third-order valence-electron chi connectivity index (χ3n) is 5.92. The van der Waals surface area contributed by atoms with Crippen molar-refractivity contribution in [1.82, 2.24) is 25.3 Å². The van der Waals surface area contributed by atoms with Crippen molar-refractivity contribution in [2.45, 2.75) is 71.4 Å². The summed E-state index contributed by atoms with van der Waals surface area (Å²) < 4.78 is 0. The first kappa shape index (κ1) is 18.2. The second-order valence-corrected chi connectivity index (χ2v) is 8.22. The fourth-order valence-corrected chi connectivity index (χ4v) is 4.36. The first-order valence-corrected chi connectivity index (χ1v) is 9.71. The molecule has 0 radical (unpaired) electrons. The summed E-state index contributed by atoms with van der Waals surface area (Å²) in [4.78, 5) is 17.4. The molecule has 6 nitrogen and oxygen atoms in total. The minimum Gasteiger partial charge on any atom is -0.336 e. The molecule has 2 aliphatic heterocycles. The number of hydrogen-bond donors (Lipinski definition) is 2. The minimum atomic E-state index is 0.00672. The third-order valence-corrected chi connectivity index (χ3v) is 5.92. The van der Waals surface area contributed by atoms with Gasteiger partial charge in [-0.25, -0.2) is 4.79 Å². The van der Waals surface area contributed by atoms with E-state index in [1.54, 1.807) is 0 Å². The molecule has 3 rings (SSSR count). The predicted octanol–water partition coefficient (Wildman–Crippen LogP) is 3.14. The Morgan fingerprint density at radius 3 is 2.56 bits per heavy atom. The Morgan fingerprint density at radius 1 is 1.20 bits per heavy atom. The van der Waals surface area contributed by atoms with Crippen LogP contribution in [0.15, 0.2) is 0 Å². The van der Waals surface area contributed by atoms with Crippen LogP contribution in [0.25, 0.3) is 0 Å². The van der Waals surface area contributed by atoms with E-state index in [4.69, 9.17) is 0 Å². The summed E-state index contributed by atoms with van der Waals surface area (Å²) in [5.41, 5.74) is 3.29. The number of hydrogen-bond acceptors (Lipinski definition) is 3. The summed E-state index contributed by atoms with van der Waals surface area (Å²) in [5, 5.41) is 10.6. The molecule has 1 atom stereocenters. The van der Waals surface area contributed by atoms with Gasteiger partial charge in [-0.15, -0.1) is 0 Å². The van der Waals surface area contributed by atoms with Crippen LogP contribution in [0.2, 0.25) is 0 Å². The summed E-state index contributed by atoms with van der Waals surface area (Å²) in [6.45, 7) is 12.3. The fraction of sp³-hybridized carbons (Fsp3) is 0.789. The van der Waals surface area contributed by atoms with Crippen molar-refractivity contribution in [2.24, 2.45) is 0 Å². The van der Waals surface area contributed by atoms with Gasteiger partial charge in [0.15, 0.2) is 0 Å². The molecule has 0 unspecified atom stereocenters. The molecule has 0 spiro atoms. The molecule has 0 aromatic carbocycles. The van der Waals surface area contributed by atoms with Gasteiger partial charge in [0.25, 0.3) is 0 Å². The summed E-state index contributed by atoms with van der Waals surface area (Å²) in [6, 6.07) is 0.212. The number of rotatable bonds is 4. The molecule has 2 amide bonds. The first-order valence-electron chi connectivity index (χ1n) is 9.71. The Kier molecular flexibility index (Phi) is 5.37. The highest BCUT2D eigenvalue weighted by atomic mass is 16.2. The van der Waals surface area contributed by atoms with Gasteiger partial charge in [-0.3, -0.25) is 10.00 Å². The van der Waals surface area contributed by atoms with E-state index >= 15 is 0 Å². The molecule has 1 aromatic rings. The lowest BCUT2D eigenvalue weighted by Gasteiger charge is -2.41. The van der Waals surface area contributed by atoms with Crippen LogP contribution in [0, 0.1) is 13.8 Å². The van der Waals surface area contributed by atoms with Crippen molar-refractivity contribution < 1.29 is 4.79 Å². The number of piperidine rings is 1. The monoisotopic (exact) mass is 347 g/mol. The summed E-state index contributed by atoms with van der Waals surface area (Å²) in [5.74, 6) is 0. The average Bonchev–Trinajstić information content (AvgIpc) is 3.20. The number of amides is 2. The quantitative estimate of drug-likeness (QED) is 0.879. The number of aryl methyl sites for hydroxylation is 2. The van der Waals surface area contributed by atoms with Gasteiger partial charge in [0.1, 0.15) is 0 Å². The maximum absolute atomic E-state index is 12.9. The largest absolute Gasteiger partial charge is 0.336 e. The second kappa shape index (κ2) is 7.36. The second-order valence-electron chi connectivity index (χ2n) is 8.22. The number of aromatic nitrogens is 2. The molecule has 2 saturated heterocycles. The van der Waals surface area contributed by atoms with Gasteiger partial charge in [-0.2, -0.15) is 5.10 Å². The topological polar surface area (TPSA) is 64.3 Å². The summed E-state index contributed by atoms with van der Waals surface area (Å²) in [6.07, 6.45) is 5.94. The van der Waals surface area contributed by atoms with E-state index in [0.29, 0.717) is 6.54 Å². The van der Waals surface area contributed by atoms with Crippen LogP contribution < -0.4 is 5.32 Å². The molecule has 1 aromatic heterocycles. The van der Waals surface area contributed by atoms with Crippen molar-refractivity contribution in [2.75, 3.05) is 26.2 Å². The number of nitrogens with zero attached hydrogens (tertiary/aromatic N) is 3. The number of urea groups is 1. The molecule has 140 valence electrons. The standard InChI is InChI=1S/C19H33N5O/c1-14-17(15(2)22-21-14)16-9-8-12-24(16)18(25)20-13-19(3,4)23-10-6-5-7-11-23/h16H,5-13H2,1-4H3,(H,20,25)(H,21,22)/t16-/m1/s1. The van der Waals surface area contributed by atoms with E-state index in [9.17, 15) is 4.79 Å². The van der Waals surface area contributed by atoms with Crippen molar-refractivity contribution in [3.63, 3.8) is 0 Å². The smallest absolute Gasteiger partial charge is 0.317 e. The number of H-pyrrole nitrogens is 1. The number of carbonyl (C=O) groups is 1. The van der Waals surface area contributed by atoms with Crippen LogP contribution in [-0.4, -0.2) is 57.7 Å². The van der Waals surface area contributed by atoms with Crippen LogP contribution in [0.4, 0.5) is 4.79 Å². The molecule has 2 N–H and O–H groups in total. The molecule has 6 heteroatoms. The molecule has 0 aliphatic carbocycles. The predicted molar refractivity (Wildman–Crippen MR) is 99.6 cm³/mol. The van der Waals surface area contributed by atoms with E-state index in [-0.39, 0.29) is 17.6 Å². The van der Waals surface area contributed by atoms with Crippen molar-refractivity contribution in [3.8, 4) is 0 Å². The average molecular weight is 348 g/mol. The zero-order chi connectivity index (χ0) is 18.0. The number of carbonyl (C=O) groups excluding carboxylic acids is 1. The highest BCUT2D eigenvalue weighted by molar-refractivity contribution is 5.75.